The highest BCUT2D eigenvalue weighted by Gasteiger charge is 2.27. The SMILES string of the molecule is COC(=O)C(CNCc1ccccc1)C(=O)OC.Cl. The summed E-state index contributed by atoms with van der Waals surface area (Å²) in [5, 5.41) is 3.03. The standard InChI is InChI=1S/C13H17NO4.ClH/c1-17-12(15)11(13(16)18-2)9-14-8-10-6-4-3-5-7-10;/h3-7,11,14H,8-9H2,1-2H3;1H. The lowest BCUT2D eigenvalue weighted by molar-refractivity contribution is -0.158. The van der Waals surface area contributed by atoms with Crippen LogP contribution in [0.15, 0.2) is 30.3 Å². The van der Waals surface area contributed by atoms with Crippen LogP contribution in [0, 0.1) is 5.92 Å². The maximum atomic E-state index is 11.4. The summed E-state index contributed by atoms with van der Waals surface area (Å²) in [5.74, 6) is -2.12. The average Bonchev–Trinajstić information content (AvgIpc) is 2.43. The van der Waals surface area contributed by atoms with Gasteiger partial charge in [-0.25, -0.2) is 0 Å². The van der Waals surface area contributed by atoms with E-state index in [1.807, 2.05) is 30.3 Å². The first-order chi connectivity index (χ1) is 8.69. The van der Waals surface area contributed by atoms with Gasteiger partial charge < -0.3 is 14.8 Å². The van der Waals surface area contributed by atoms with E-state index in [2.05, 4.69) is 14.8 Å². The summed E-state index contributed by atoms with van der Waals surface area (Å²) in [4.78, 5) is 22.8. The second-order valence-electron chi connectivity index (χ2n) is 3.72. The fourth-order valence-electron chi connectivity index (χ4n) is 1.50. The van der Waals surface area contributed by atoms with Gasteiger partial charge in [0.15, 0.2) is 5.92 Å². The molecule has 0 radical (unpaired) electrons. The molecule has 0 heterocycles. The van der Waals surface area contributed by atoms with Gasteiger partial charge in [-0.2, -0.15) is 0 Å². The summed E-state index contributed by atoms with van der Waals surface area (Å²) < 4.78 is 9.12. The number of rotatable bonds is 6. The molecule has 0 aromatic heterocycles. The van der Waals surface area contributed by atoms with Crippen molar-refractivity contribution in [2.24, 2.45) is 5.92 Å². The van der Waals surface area contributed by atoms with E-state index in [1.165, 1.54) is 14.2 Å². The molecule has 1 aromatic rings. The predicted molar refractivity (Wildman–Crippen MR) is 72.9 cm³/mol. The number of carbonyl (C=O) groups excluding carboxylic acids is 2. The number of ether oxygens (including phenoxy) is 2. The zero-order chi connectivity index (χ0) is 13.4. The highest BCUT2D eigenvalue weighted by molar-refractivity contribution is 5.95. The molecule has 0 aliphatic carbocycles. The minimum Gasteiger partial charge on any atom is -0.468 e. The van der Waals surface area contributed by atoms with Gasteiger partial charge in [0.1, 0.15) is 0 Å². The van der Waals surface area contributed by atoms with Crippen LogP contribution in [-0.4, -0.2) is 32.7 Å². The van der Waals surface area contributed by atoms with Crippen molar-refractivity contribution in [1.29, 1.82) is 0 Å². The highest BCUT2D eigenvalue weighted by atomic mass is 35.5. The van der Waals surface area contributed by atoms with Crippen molar-refractivity contribution >= 4 is 24.3 Å². The number of hydrogen-bond acceptors (Lipinski definition) is 5. The number of esters is 2. The summed E-state index contributed by atoms with van der Waals surface area (Å²) in [5.41, 5.74) is 1.07. The molecule has 0 unspecified atom stereocenters. The minimum atomic E-state index is -0.927. The van der Waals surface area contributed by atoms with E-state index < -0.39 is 17.9 Å². The maximum Gasteiger partial charge on any atom is 0.321 e. The highest BCUT2D eigenvalue weighted by Crippen LogP contribution is 2.03. The van der Waals surface area contributed by atoms with Crippen LogP contribution < -0.4 is 5.32 Å². The third kappa shape index (κ3) is 5.72. The molecule has 6 heteroatoms. The third-order valence-corrected chi connectivity index (χ3v) is 2.49. The summed E-state index contributed by atoms with van der Waals surface area (Å²) in [6.07, 6.45) is 0. The van der Waals surface area contributed by atoms with Crippen molar-refractivity contribution in [3.05, 3.63) is 35.9 Å². The van der Waals surface area contributed by atoms with E-state index in [0.29, 0.717) is 6.54 Å². The lowest BCUT2D eigenvalue weighted by Crippen LogP contribution is -2.35. The van der Waals surface area contributed by atoms with Crippen molar-refractivity contribution in [1.82, 2.24) is 5.32 Å². The van der Waals surface area contributed by atoms with Crippen molar-refractivity contribution in [2.75, 3.05) is 20.8 Å². The van der Waals surface area contributed by atoms with Gasteiger partial charge in [0.2, 0.25) is 0 Å². The normalized spacial score (nSPS) is 9.63. The van der Waals surface area contributed by atoms with Gasteiger partial charge in [-0.3, -0.25) is 9.59 Å². The van der Waals surface area contributed by atoms with E-state index in [4.69, 9.17) is 0 Å². The molecule has 0 saturated heterocycles. The molecule has 106 valence electrons. The van der Waals surface area contributed by atoms with Crippen LogP contribution in [0.5, 0.6) is 0 Å². The van der Waals surface area contributed by atoms with E-state index in [-0.39, 0.29) is 19.0 Å². The van der Waals surface area contributed by atoms with Gasteiger partial charge >= 0.3 is 11.9 Å². The number of methoxy groups -OCH3 is 2. The number of halogens is 1. The lowest BCUT2D eigenvalue weighted by Gasteiger charge is -2.13. The minimum absolute atomic E-state index is 0. The third-order valence-electron chi connectivity index (χ3n) is 2.49. The summed E-state index contributed by atoms with van der Waals surface area (Å²) in [6, 6.07) is 9.69. The zero-order valence-corrected chi connectivity index (χ0v) is 11.7. The van der Waals surface area contributed by atoms with Crippen LogP contribution in [0.1, 0.15) is 5.56 Å². The Morgan fingerprint density at radius 3 is 2.11 bits per heavy atom. The van der Waals surface area contributed by atoms with Crippen molar-refractivity contribution in [3.63, 3.8) is 0 Å². The Kier molecular flexibility index (Phi) is 8.57. The molecule has 0 spiro atoms. The fraction of sp³-hybridized carbons (Fsp3) is 0.385. The molecule has 1 N–H and O–H groups in total. The van der Waals surface area contributed by atoms with Crippen LogP contribution in [0.25, 0.3) is 0 Å². The molecule has 0 atom stereocenters. The molecular formula is C13H18ClNO4. The Hall–Kier alpha value is -1.59. The first kappa shape index (κ1) is 17.4. The van der Waals surface area contributed by atoms with Crippen molar-refractivity contribution < 1.29 is 19.1 Å². The Morgan fingerprint density at radius 2 is 1.63 bits per heavy atom. The van der Waals surface area contributed by atoms with Gasteiger partial charge in [0, 0.05) is 13.1 Å². The molecule has 1 aromatic carbocycles. The zero-order valence-electron chi connectivity index (χ0n) is 10.9. The Labute approximate surface area is 118 Å². The monoisotopic (exact) mass is 287 g/mol. The Bertz CT molecular complexity index is 381. The topological polar surface area (TPSA) is 64.6 Å². The number of carbonyl (C=O) groups is 2. The molecule has 0 bridgehead atoms. The molecule has 5 nitrogen and oxygen atoms in total. The molecular weight excluding hydrogens is 270 g/mol. The van der Waals surface area contributed by atoms with Gasteiger partial charge in [0.25, 0.3) is 0 Å². The molecule has 0 fully saturated rings. The molecule has 1 rings (SSSR count). The Balaban J connectivity index is 0.00000324. The van der Waals surface area contributed by atoms with Gasteiger partial charge in [-0.15, -0.1) is 12.4 Å². The quantitative estimate of drug-likeness (QED) is 0.628. The van der Waals surface area contributed by atoms with E-state index in [9.17, 15) is 9.59 Å². The van der Waals surface area contributed by atoms with E-state index in [0.717, 1.165) is 5.56 Å². The van der Waals surface area contributed by atoms with Gasteiger partial charge in [0.05, 0.1) is 14.2 Å². The van der Waals surface area contributed by atoms with E-state index in [1.54, 1.807) is 0 Å². The molecule has 19 heavy (non-hydrogen) atoms. The molecule has 0 aliphatic rings. The van der Waals surface area contributed by atoms with Crippen LogP contribution in [0.4, 0.5) is 0 Å². The van der Waals surface area contributed by atoms with Crippen LogP contribution in [-0.2, 0) is 25.6 Å². The summed E-state index contributed by atoms with van der Waals surface area (Å²) in [7, 11) is 2.49. The molecule has 0 amide bonds. The van der Waals surface area contributed by atoms with Gasteiger partial charge in [-0.05, 0) is 5.56 Å². The lowest BCUT2D eigenvalue weighted by atomic mass is 10.1. The van der Waals surface area contributed by atoms with E-state index >= 15 is 0 Å². The Morgan fingerprint density at radius 1 is 1.11 bits per heavy atom. The number of nitrogens with one attached hydrogen (secondary N) is 1. The number of hydrogen-bond donors (Lipinski definition) is 1. The molecule has 0 aliphatic heterocycles. The summed E-state index contributed by atoms with van der Waals surface area (Å²) >= 11 is 0. The predicted octanol–water partition coefficient (Wildman–Crippen LogP) is 1.16. The summed E-state index contributed by atoms with van der Waals surface area (Å²) in [6.45, 7) is 0.763. The van der Waals surface area contributed by atoms with Crippen molar-refractivity contribution in [3.8, 4) is 0 Å². The smallest absolute Gasteiger partial charge is 0.321 e. The first-order valence-corrected chi connectivity index (χ1v) is 5.59. The molecule has 0 saturated carbocycles. The maximum absolute atomic E-state index is 11.4. The van der Waals surface area contributed by atoms with Crippen LogP contribution in [0.2, 0.25) is 0 Å². The number of benzene rings is 1. The fourth-order valence-corrected chi connectivity index (χ4v) is 1.50. The second kappa shape index (κ2) is 9.35. The largest absolute Gasteiger partial charge is 0.468 e. The van der Waals surface area contributed by atoms with Gasteiger partial charge in [-0.1, -0.05) is 30.3 Å². The average molecular weight is 288 g/mol. The van der Waals surface area contributed by atoms with Crippen LogP contribution >= 0.6 is 12.4 Å². The van der Waals surface area contributed by atoms with Crippen molar-refractivity contribution in [2.45, 2.75) is 6.54 Å². The van der Waals surface area contributed by atoms with Crippen LogP contribution in [0.3, 0.4) is 0 Å². The first-order valence-electron chi connectivity index (χ1n) is 5.59. The second-order valence-corrected chi connectivity index (χ2v) is 3.72.